The van der Waals surface area contributed by atoms with E-state index in [0.29, 0.717) is 12.5 Å². The normalized spacial score (nSPS) is 18.9. The number of rotatable bonds is 2. The van der Waals surface area contributed by atoms with Gasteiger partial charge in [-0.05, 0) is 25.3 Å². The second kappa shape index (κ2) is 5.24. The van der Waals surface area contributed by atoms with E-state index in [1.807, 2.05) is 42.1 Å². The van der Waals surface area contributed by atoms with Crippen LogP contribution in [0.2, 0.25) is 0 Å². The monoisotopic (exact) mass is 285 g/mol. The van der Waals surface area contributed by atoms with Crippen LogP contribution in [0, 0.1) is 5.92 Å². The molecule has 1 unspecified atom stereocenters. The maximum absolute atomic E-state index is 11.5. The summed E-state index contributed by atoms with van der Waals surface area (Å²) >= 11 is 0. The number of fused-ring (bicyclic) bond motifs is 1. The van der Waals surface area contributed by atoms with E-state index in [1.165, 1.54) is 4.90 Å². The number of aryl methyl sites for hydroxylation is 1. The molecule has 0 radical (unpaired) electrons. The zero-order chi connectivity index (χ0) is 15.0. The highest BCUT2D eigenvalue weighted by molar-refractivity contribution is 5.86. The van der Waals surface area contributed by atoms with Crippen molar-refractivity contribution < 1.29 is 9.90 Å². The van der Waals surface area contributed by atoms with Crippen LogP contribution in [0.3, 0.4) is 0 Å². The molecule has 0 saturated heterocycles. The largest absolute Gasteiger partial charge is 0.465 e. The smallest absolute Gasteiger partial charge is 0.411 e. The van der Waals surface area contributed by atoms with E-state index in [2.05, 4.69) is 12.0 Å². The summed E-state index contributed by atoms with van der Waals surface area (Å²) in [7, 11) is 0. The summed E-state index contributed by atoms with van der Waals surface area (Å²) in [5.41, 5.74) is 2.59. The Labute approximate surface area is 123 Å². The maximum Gasteiger partial charge on any atom is 0.411 e. The SMILES string of the molecule is CCn1cc2ccc(C3=CCC(C)CN3C(=O)O)cc2n1. The topological polar surface area (TPSA) is 58.4 Å². The third kappa shape index (κ3) is 2.51. The van der Waals surface area contributed by atoms with Crippen LogP contribution in [-0.2, 0) is 6.54 Å². The van der Waals surface area contributed by atoms with E-state index in [-0.39, 0.29) is 0 Å². The van der Waals surface area contributed by atoms with Crippen molar-refractivity contribution >= 4 is 22.7 Å². The van der Waals surface area contributed by atoms with Gasteiger partial charge in [0.05, 0.1) is 11.2 Å². The molecule has 1 aliphatic rings. The molecule has 0 bridgehead atoms. The van der Waals surface area contributed by atoms with Crippen LogP contribution in [0.4, 0.5) is 4.79 Å². The zero-order valence-electron chi connectivity index (χ0n) is 12.3. The van der Waals surface area contributed by atoms with Crippen molar-refractivity contribution in [1.29, 1.82) is 0 Å². The molecule has 1 N–H and O–H groups in total. The molecule has 1 aromatic heterocycles. The van der Waals surface area contributed by atoms with E-state index in [4.69, 9.17) is 0 Å². The van der Waals surface area contributed by atoms with Gasteiger partial charge in [0.1, 0.15) is 0 Å². The lowest BCUT2D eigenvalue weighted by molar-refractivity contribution is 0.159. The molecule has 1 aromatic carbocycles. The number of allylic oxidation sites excluding steroid dienone is 1. The number of aromatic nitrogens is 2. The van der Waals surface area contributed by atoms with Gasteiger partial charge in [-0.25, -0.2) is 4.79 Å². The summed E-state index contributed by atoms with van der Waals surface area (Å²) in [6, 6.07) is 5.95. The summed E-state index contributed by atoms with van der Waals surface area (Å²) in [4.78, 5) is 12.9. The van der Waals surface area contributed by atoms with Crippen LogP contribution in [0.25, 0.3) is 16.6 Å². The number of hydrogen-bond donors (Lipinski definition) is 1. The van der Waals surface area contributed by atoms with Gasteiger partial charge in [0.15, 0.2) is 0 Å². The number of hydrogen-bond acceptors (Lipinski definition) is 2. The molecule has 1 atom stereocenters. The van der Waals surface area contributed by atoms with Crippen LogP contribution in [0.1, 0.15) is 25.8 Å². The standard InChI is InChI=1S/C16H19N3O2/c1-3-18-10-13-6-5-12(8-14(13)17-18)15-7-4-11(2)9-19(15)16(20)21/h5-8,10-11H,3-4,9H2,1-2H3,(H,20,21). The molecule has 21 heavy (non-hydrogen) atoms. The average Bonchev–Trinajstić information content (AvgIpc) is 2.89. The van der Waals surface area contributed by atoms with Crippen molar-refractivity contribution in [3.8, 4) is 0 Å². The fraction of sp³-hybridized carbons (Fsp3) is 0.375. The molecule has 5 heteroatoms. The number of nitrogens with zero attached hydrogens (tertiary/aromatic N) is 3. The molecular weight excluding hydrogens is 266 g/mol. The molecule has 5 nitrogen and oxygen atoms in total. The van der Waals surface area contributed by atoms with Crippen LogP contribution >= 0.6 is 0 Å². The third-order valence-corrected chi connectivity index (χ3v) is 3.90. The van der Waals surface area contributed by atoms with E-state index < -0.39 is 6.09 Å². The molecule has 0 aliphatic carbocycles. The Morgan fingerprint density at radius 2 is 2.29 bits per heavy atom. The number of amides is 1. The number of carbonyl (C=O) groups is 1. The first-order valence-electron chi connectivity index (χ1n) is 7.26. The minimum Gasteiger partial charge on any atom is -0.465 e. The third-order valence-electron chi connectivity index (χ3n) is 3.90. The number of benzene rings is 1. The Bertz CT molecular complexity index is 717. The predicted octanol–water partition coefficient (Wildman–Crippen LogP) is 3.42. The molecule has 110 valence electrons. The maximum atomic E-state index is 11.5. The number of carboxylic acid groups (broad SMARTS) is 1. The molecule has 3 rings (SSSR count). The average molecular weight is 285 g/mol. The second-order valence-electron chi connectivity index (χ2n) is 5.58. The van der Waals surface area contributed by atoms with E-state index in [1.54, 1.807) is 0 Å². The fourth-order valence-corrected chi connectivity index (χ4v) is 2.75. The summed E-state index contributed by atoms with van der Waals surface area (Å²) in [5.74, 6) is 0.355. The Balaban J connectivity index is 2.03. The summed E-state index contributed by atoms with van der Waals surface area (Å²) in [6.07, 6.45) is 4.03. The lowest BCUT2D eigenvalue weighted by Gasteiger charge is -2.29. The first-order chi connectivity index (χ1) is 10.1. The molecule has 0 spiro atoms. The highest BCUT2D eigenvalue weighted by Gasteiger charge is 2.24. The van der Waals surface area contributed by atoms with Gasteiger partial charge < -0.3 is 5.11 Å². The van der Waals surface area contributed by atoms with Crippen LogP contribution < -0.4 is 0 Å². The lowest BCUT2D eigenvalue weighted by Crippen LogP contribution is -2.34. The van der Waals surface area contributed by atoms with Crippen LogP contribution in [0.15, 0.2) is 30.5 Å². The first-order valence-corrected chi connectivity index (χ1v) is 7.26. The molecule has 0 saturated carbocycles. The van der Waals surface area contributed by atoms with Crippen LogP contribution in [-0.4, -0.2) is 32.4 Å². The van der Waals surface area contributed by atoms with Crippen molar-refractivity contribution in [2.24, 2.45) is 5.92 Å². The van der Waals surface area contributed by atoms with Crippen LogP contribution in [0.5, 0.6) is 0 Å². The molecule has 0 fully saturated rings. The molecule has 2 aromatic rings. The van der Waals surface area contributed by atoms with Crippen molar-refractivity contribution in [1.82, 2.24) is 14.7 Å². The van der Waals surface area contributed by atoms with E-state index >= 15 is 0 Å². The van der Waals surface area contributed by atoms with Gasteiger partial charge in [0.25, 0.3) is 0 Å². The van der Waals surface area contributed by atoms with Crippen molar-refractivity contribution in [2.75, 3.05) is 6.54 Å². The van der Waals surface area contributed by atoms with E-state index in [9.17, 15) is 9.90 Å². The first kappa shape index (κ1) is 13.7. The highest BCUT2D eigenvalue weighted by Crippen LogP contribution is 2.29. The Hall–Kier alpha value is -2.30. The van der Waals surface area contributed by atoms with E-state index in [0.717, 1.165) is 35.1 Å². The molecule has 1 aliphatic heterocycles. The lowest BCUT2D eigenvalue weighted by atomic mass is 9.98. The quantitative estimate of drug-likeness (QED) is 0.919. The Kier molecular flexibility index (Phi) is 3.41. The molecule has 2 heterocycles. The zero-order valence-corrected chi connectivity index (χ0v) is 12.3. The van der Waals surface area contributed by atoms with Crippen molar-refractivity contribution in [3.63, 3.8) is 0 Å². The van der Waals surface area contributed by atoms with Gasteiger partial charge in [0, 0.05) is 30.2 Å². The predicted molar refractivity (Wildman–Crippen MR) is 81.9 cm³/mol. The molecular formula is C16H19N3O2. The fourth-order valence-electron chi connectivity index (χ4n) is 2.75. The summed E-state index contributed by atoms with van der Waals surface area (Å²) in [5, 5.41) is 15.0. The summed E-state index contributed by atoms with van der Waals surface area (Å²) in [6.45, 7) is 5.48. The minimum atomic E-state index is -0.896. The van der Waals surface area contributed by atoms with Gasteiger partial charge in [0.2, 0.25) is 0 Å². The van der Waals surface area contributed by atoms with Crippen molar-refractivity contribution in [3.05, 3.63) is 36.0 Å². The Morgan fingerprint density at radius 1 is 1.48 bits per heavy atom. The van der Waals surface area contributed by atoms with Gasteiger partial charge >= 0.3 is 6.09 Å². The van der Waals surface area contributed by atoms with Gasteiger partial charge in [-0.1, -0.05) is 25.1 Å². The minimum absolute atomic E-state index is 0.355. The summed E-state index contributed by atoms with van der Waals surface area (Å²) < 4.78 is 1.89. The van der Waals surface area contributed by atoms with Gasteiger partial charge in [-0.2, -0.15) is 5.10 Å². The van der Waals surface area contributed by atoms with Gasteiger partial charge in [-0.15, -0.1) is 0 Å². The van der Waals surface area contributed by atoms with Gasteiger partial charge in [-0.3, -0.25) is 9.58 Å². The van der Waals surface area contributed by atoms with Crippen molar-refractivity contribution in [2.45, 2.75) is 26.8 Å². The molecule has 1 amide bonds. The second-order valence-corrected chi connectivity index (χ2v) is 5.58. The highest BCUT2D eigenvalue weighted by atomic mass is 16.4. The Morgan fingerprint density at radius 3 is 3.00 bits per heavy atom.